The van der Waals surface area contributed by atoms with Gasteiger partial charge in [0.05, 0.1) is 12.8 Å². The van der Waals surface area contributed by atoms with Crippen molar-refractivity contribution in [3.05, 3.63) is 23.5 Å². The molecule has 4 heteroatoms. The number of likely N-dealkylation sites (N-methyl/N-ethyl adjacent to an activating group) is 1. The first-order valence-corrected chi connectivity index (χ1v) is 6.56. The maximum absolute atomic E-state index is 5.87. The van der Waals surface area contributed by atoms with Gasteiger partial charge in [-0.2, -0.15) is 0 Å². The molecule has 100 valence electrons. The summed E-state index contributed by atoms with van der Waals surface area (Å²) < 4.78 is 5.28. The van der Waals surface area contributed by atoms with Gasteiger partial charge in [0, 0.05) is 37.0 Å². The second-order valence-electron chi connectivity index (χ2n) is 5.20. The Morgan fingerprint density at radius 3 is 2.78 bits per heavy atom. The van der Waals surface area contributed by atoms with E-state index in [-0.39, 0.29) is 0 Å². The molecule has 0 radical (unpaired) electrons. The van der Waals surface area contributed by atoms with Crippen LogP contribution >= 0.6 is 0 Å². The Morgan fingerprint density at radius 2 is 2.22 bits per heavy atom. The fourth-order valence-corrected chi connectivity index (χ4v) is 2.49. The topological polar surface area (TPSA) is 51.4 Å². The molecule has 1 atom stereocenters. The van der Waals surface area contributed by atoms with E-state index in [0.29, 0.717) is 6.04 Å². The lowest BCUT2D eigenvalue weighted by Gasteiger charge is -2.26. The second-order valence-corrected chi connectivity index (χ2v) is 5.20. The van der Waals surface area contributed by atoms with Crippen molar-refractivity contribution in [2.24, 2.45) is 11.7 Å². The second kappa shape index (κ2) is 5.67. The lowest BCUT2D eigenvalue weighted by Crippen LogP contribution is -2.39. The number of aryl methyl sites for hydroxylation is 1. The minimum Gasteiger partial charge on any atom is -0.497 e. The smallest absolute Gasteiger partial charge is 0.122 e. The summed E-state index contributed by atoms with van der Waals surface area (Å²) in [6, 6.07) is 4.44. The molecule has 18 heavy (non-hydrogen) atoms. The molecule has 4 nitrogen and oxygen atoms in total. The van der Waals surface area contributed by atoms with Crippen molar-refractivity contribution in [1.29, 1.82) is 0 Å². The van der Waals surface area contributed by atoms with Gasteiger partial charge >= 0.3 is 0 Å². The predicted molar refractivity (Wildman–Crippen MR) is 72.6 cm³/mol. The van der Waals surface area contributed by atoms with E-state index in [1.165, 1.54) is 12.8 Å². The van der Waals surface area contributed by atoms with Gasteiger partial charge in [0.2, 0.25) is 0 Å². The van der Waals surface area contributed by atoms with Crippen LogP contribution in [0.1, 0.15) is 24.2 Å². The number of nitrogens with zero attached hydrogens (tertiary/aromatic N) is 2. The molecule has 1 heterocycles. The summed E-state index contributed by atoms with van der Waals surface area (Å²) in [6.07, 6.45) is 2.63. The highest BCUT2D eigenvalue weighted by atomic mass is 16.5. The summed E-state index contributed by atoms with van der Waals surface area (Å²) in [7, 11) is 3.82. The van der Waals surface area contributed by atoms with Crippen molar-refractivity contribution in [2.75, 3.05) is 20.7 Å². The quantitative estimate of drug-likeness (QED) is 0.831. The fourth-order valence-electron chi connectivity index (χ4n) is 2.49. The van der Waals surface area contributed by atoms with Crippen LogP contribution in [0.15, 0.2) is 12.1 Å². The highest BCUT2D eigenvalue weighted by molar-refractivity contribution is 5.26. The Hall–Kier alpha value is -1.13. The maximum atomic E-state index is 5.87. The molecule has 1 aliphatic carbocycles. The zero-order valence-corrected chi connectivity index (χ0v) is 11.5. The van der Waals surface area contributed by atoms with Crippen LogP contribution in [0.25, 0.3) is 0 Å². The monoisotopic (exact) mass is 249 g/mol. The normalized spacial score (nSPS) is 16.9. The van der Waals surface area contributed by atoms with Crippen LogP contribution in [0.2, 0.25) is 0 Å². The number of ether oxygens (including phenoxy) is 1. The van der Waals surface area contributed by atoms with E-state index in [1.54, 1.807) is 7.11 Å². The molecule has 1 aliphatic rings. The average Bonchev–Trinajstić information content (AvgIpc) is 3.13. The highest BCUT2D eigenvalue weighted by Gasteiger charge is 2.32. The van der Waals surface area contributed by atoms with Crippen LogP contribution in [0, 0.1) is 12.8 Å². The van der Waals surface area contributed by atoms with Crippen molar-refractivity contribution < 1.29 is 4.74 Å². The van der Waals surface area contributed by atoms with Crippen molar-refractivity contribution in [3.8, 4) is 5.75 Å². The van der Waals surface area contributed by atoms with E-state index in [1.807, 2.05) is 19.1 Å². The lowest BCUT2D eigenvalue weighted by atomic mass is 10.1. The Kier molecular flexibility index (Phi) is 4.19. The van der Waals surface area contributed by atoms with Gasteiger partial charge < -0.3 is 10.5 Å². The molecular weight excluding hydrogens is 226 g/mol. The largest absolute Gasteiger partial charge is 0.497 e. The number of aromatic nitrogens is 1. The van der Waals surface area contributed by atoms with Crippen LogP contribution < -0.4 is 10.5 Å². The van der Waals surface area contributed by atoms with E-state index in [9.17, 15) is 0 Å². The Morgan fingerprint density at radius 1 is 1.50 bits per heavy atom. The van der Waals surface area contributed by atoms with E-state index in [4.69, 9.17) is 10.5 Å². The molecule has 1 unspecified atom stereocenters. The summed E-state index contributed by atoms with van der Waals surface area (Å²) in [4.78, 5) is 6.87. The molecule has 0 aliphatic heterocycles. The third kappa shape index (κ3) is 3.21. The van der Waals surface area contributed by atoms with Gasteiger partial charge in [0.1, 0.15) is 5.75 Å². The third-order valence-corrected chi connectivity index (χ3v) is 3.60. The molecule has 1 aromatic heterocycles. The van der Waals surface area contributed by atoms with E-state index >= 15 is 0 Å². The van der Waals surface area contributed by atoms with Gasteiger partial charge in [-0.3, -0.25) is 9.88 Å². The number of pyridine rings is 1. The van der Waals surface area contributed by atoms with Gasteiger partial charge in [-0.25, -0.2) is 0 Å². The maximum Gasteiger partial charge on any atom is 0.122 e. The number of hydrogen-bond acceptors (Lipinski definition) is 4. The first-order chi connectivity index (χ1) is 8.63. The van der Waals surface area contributed by atoms with Crippen LogP contribution in [-0.2, 0) is 6.54 Å². The van der Waals surface area contributed by atoms with Crippen LogP contribution in [0.4, 0.5) is 0 Å². The number of rotatable bonds is 6. The lowest BCUT2D eigenvalue weighted by molar-refractivity contribution is 0.213. The molecule has 1 saturated carbocycles. The summed E-state index contributed by atoms with van der Waals surface area (Å²) >= 11 is 0. The van der Waals surface area contributed by atoms with Gasteiger partial charge in [-0.15, -0.1) is 0 Å². The zero-order chi connectivity index (χ0) is 13.1. The number of nitrogens with two attached hydrogens (primary N) is 1. The molecule has 0 aromatic carbocycles. The minimum atomic E-state index is 0.485. The third-order valence-electron chi connectivity index (χ3n) is 3.60. The molecule has 1 fully saturated rings. The Bertz CT molecular complexity index is 404. The van der Waals surface area contributed by atoms with E-state index < -0.39 is 0 Å². The molecule has 0 saturated heterocycles. The van der Waals surface area contributed by atoms with Gasteiger partial charge in [0.15, 0.2) is 0 Å². The predicted octanol–water partition coefficient (Wildman–Crippen LogP) is 1.57. The number of hydrogen-bond donors (Lipinski definition) is 1. The first-order valence-electron chi connectivity index (χ1n) is 6.56. The molecule has 0 bridgehead atoms. The van der Waals surface area contributed by atoms with Gasteiger partial charge in [-0.1, -0.05) is 0 Å². The van der Waals surface area contributed by atoms with Crippen LogP contribution in [0.3, 0.4) is 0 Å². The van der Waals surface area contributed by atoms with Crippen LogP contribution in [-0.4, -0.2) is 36.6 Å². The molecule has 2 rings (SSSR count). The molecule has 0 amide bonds. The standard InChI is InChI=1S/C14H23N3O/c1-10-6-13(18-3)7-12(16-10)9-17(2)14(8-15)11-4-5-11/h6-7,11,14H,4-5,8-9,15H2,1-3H3. The molecule has 1 aromatic rings. The minimum absolute atomic E-state index is 0.485. The Labute approximate surface area is 109 Å². The summed E-state index contributed by atoms with van der Waals surface area (Å²) in [6.45, 7) is 3.55. The van der Waals surface area contributed by atoms with E-state index in [0.717, 1.165) is 36.1 Å². The van der Waals surface area contributed by atoms with Gasteiger partial charge in [-0.05, 0) is 32.7 Å². The Balaban J connectivity index is 2.05. The summed E-state index contributed by atoms with van der Waals surface area (Å²) in [5.41, 5.74) is 7.91. The highest BCUT2D eigenvalue weighted by Crippen LogP contribution is 2.34. The average molecular weight is 249 g/mol. The van der Waals surface area contributed by atoms with E-state index in [2.05, 4.69) is 16.9 Å². The van der Waals surface area contributed by atoms with Gasteiger partial charge in [0.25, 0.3) is 0 Å². The first kappa shape index (κ1) is 13.3. The molecule has 0 spiro atoms. The van der Waals surface area contributed by atoms with Crippen molar-refractivity contribution in [3.63, 3.8) is 0 Å². The molecule has 2 N–H and O–H groups in total. The van der Waals surface area contributed by atoms with Crippen molar-refractivity contribution >= 4 is 0 Å². The SMILES string of the molecule is COc1cc(C)nc(CN(C)C(CN)C2CC2)c1. The zero-order valence-electron chi connectivity index (χ0n) is 11.5. The van der Waals surface area contributed by atoms with Crippen molar-refractivity contribution in [2.45, 2.75) is 32.4 Å². The van der Waals surface area contributed by atoms with Crippen LogP contribution in [0.5, 0.6) is 5.75 Å². The fraction of sp³-hybridized carbons (Fsp3) is 0.643. The van der Waals surface area contributed by atoms with Crippen molar-refractivity contribution in [1.82, 2.24) is 9.88 Å². The summed E-state index contributed by atoms with van der Waals surface area (Å²) in [5.74, 6) is 1.66. The number of methoxy groups -OCH3 is 1. The summed E-state index contributed by atoms with van der Waals surface area (Å²) in [5, 5.41) is 0. The molecular formula is C14H23N3O.